The van der Waals surface area contributed by atoms with Crippen LogP contribution < -0.4 is 4.74 Å². The number of aryl methyl sites for hydroxylation is 1. The van der Waals surface area contributed by atoms with Crippen LogP contribution in [0.5, 0.6) is 5.75 Å². The van der Waals surface area contributed by atoms with Gasteiger partial charge >= 0.3 is 5.97 Å². The minimum Gasteiger partial charge on any atom is -0.494 e. The number of oxazole rings is 1. The van der Waals surface area contributed by atoms with Gasteiger partial charge in [-0.2, -0.15) is 0 Å². The van der Waals surface area contributed by atoms with Crippen molar-refractivity contribution in [3.63, 3.8) is 0 Å². The summed E-state index contributed by atoms with van der Waals surface area (Å²) < 4.78 is 18.2. The molecule has 4 rings (SSSR count). The third kappa shape index (κ3) is 4.50. The van der Waals surface area contributed by atoms with E-state index in [1.165, 1.54) is 0 Å². The SMILES string of the molecule is CCOc1ccc(-n2nnc(C(=O)OCc3nc(-c4cccc(Cl)c4)oc3C)c2C)cc1. The molecule has 0 atom stereocenters. The lowest BCUT2D eigenvalue weighted by atomic mass is 10.2. The van der Waals surface area contributed by atoms with Crippen LogP contribution in [0.15, 0.2) is 52.9 Å². The maximum absolute atomic E-state index is 12.6. The van der Waals surface area contributed by atoms with Crippen molar-refractivity contribution in [3.8, 4) is 22.9 Å². The van der Waals surface area contributed by atoms with Crippen LogP contribution in [0.4, 0.5) is 0 Å². The standard InChI is InChI=1S/C23H21ClN4O4/c1-4-30-19-10-8-18(9-11-19)28-14(2)21(26-27-28)23(29)31-13-20-15(3)32-22(25-20)16-6-5-7-17(24)12-16/h5-12H,4,13H2,1-3H3. The first-order valence-electron chi connectivity index (χ1n) is 10.0. The Kier molecular flexibility index (Phi) is 6.23. The predicted octanol–water partition coefficient (Wildman–Crippen LogP) is 4.95. The number of carbonyl (C=O) groups is 1. The molecule has 0 N–H and O–H groups in total. The summed E-state index contributed by atoms with van der Waals surface area (Å²) in [5.74, 6) is 1.14. The van der Waals surface area contributed by atoms with Crippen LogP contribution in [0.2, 0.25) is 5.02 Å². The molecule has 164 valence electrons. The molecule has 0 fully saturated rings. The van der Waals surface area contributed by atoms with Crippen molar-refractivity contribution in [2.24, 2.45) is 0 Å². The van der Waals surface area contributed by atoms with E-state index in [1.54, 1.807) is 30.7 Å². The molecule has 0 aliphatic carbocycles. The summed E-state index contributed by atoms with van der Waals surface area (Å²) in [5.41, 5.74) is 2.72. The number of hydrogen-bond acceptors (Lipinski definition) is 7. The second kappa shape index (κ2) is 9.23. The molecule has 2 heterocycles. The predicted molar refractivity (Wildman–Crippen MR) is 118 cm³/mol. The van der Waals surface area contributed by atoms with E-state index in [4.69, 9.17) is 25.5 Å². The van der Waals surface area contributed by atoms with E-state index in [0.717, 1.165) is 17.0 Å². The van der Waals surface area contributed by atoms with Crippen molar-refractivity contribution >= 4 is 17.6 Å². The summed E-state index contributed by atoms with van der Waals surface area (Å²) in [6, 6.07) is 14.5. The fourth-order valence-electron chi connectivity index (χ4n) is 3.12. The number of rotatable bonds is 7. The second-order valence-electron chi connectivity index (χ2n) is 6.97. The molecule has 0 saturated carbocycles. The average Bonchev–Trinajstić information content (AvgIpc) is 3.35. The maximum Gasteiger partial charge on any atom is 0.361 e. The van der Waals surface area contributed by atoms with Gasteiger partial charge in [-0.15, -0.1) is 5.10 Å². The normalized spacial score (nSPS) is 10.9. The molecule has 0 saturated heterocycles. The van der Waals surface area contributed by atoms with Crippen molar-refractivity contribution in [2.45, 2.75) is 27.4 Å². The Hall–Kier alpha value is -3.65. The number of hydrogen-bond donors (Lipinski definition) is 0. The summed E-state index contributed by atoms with van der Waals surface area (Å²) in [7, 11) is 0. The van der Waals surface area contributed by atoms with Crippen LogP contribution in [0.25, 0.3) is 17.1 Å². The van der Waals surface area contributed by atoms with Gasteiger partial charge in [0.25, 0.3) is 0 Å². The minimum absolute atomic E-state index is 0.0515. The van der Waals surface area contributed by atoms with E-state index in [1.807, 2.05) is 43.3 Å². The first kappa shape index (κ1) is 21.6. The molecule has 0 radical (unpaired) electrons. The molecule has 0 unspecified atom stereocenters. The van der Waals surface area contributed by atoms with Gasteiger partial charge in [0.1, 0.15) is 23.8 Å². The highest BCUT2D eigenvalue weighted by molar-refractivity contribution is 6.30. The van der Waals surface area contributed by atoms with Gasteiger partial charge in [-0.05, 0) is 63.2 Å². The van der Waals surface area contributed by atoms with Gasteiger partial charge in [-0.1, -0.05) is 22.9 Å². The number of halogens is 1. The Morgan fingerprint density at radius 2 is 1.94 bits per heavy atom. The fourth-order valence-corrected chi connectivity index (χ4v) is 3.31. The van der Waals surface area contributed by atoms with Crippen molar-refractivity contribution in [3.05, 3.63) is 76.4 Å². The average molecular weight is 453 g/mol. The van der Waals surface area contributed by atoms with Gasteiger partial charge in [-0.25, -0.2) is 14.5 Å². The van der Waals surface area contributed by atoms with Gasteiger partial charge in [-0.3, -0.25) is 0 Å². The van der Waals surface area contributed by atoms with Crippen LogP contribution >= 0.6 is 11.6 Å². The van der Waals surface area contributed by atoms with E-state index in [-0.39, 0.29) is 12.3 Å². The molecule has 0 aliphatic rings. The molecule has 9 heteroatoms. The lowest BCUT2D eigenvalue weighted by molar-refractivity contribution is 0.0459. The summed E-state index contributed by atoms with van der Waals surface area (Å²) >= 11 is 6.03. The van der Waals surface area contributed by atoms with E-state index in [9.17, 15) is 4.79 Å². The van der Waals surface area contributed by atoms with Gasteiger partial charge in [0.15, 0.2) is 5.69 Å². The fraction of sp³-hybridized carbons (Fsp3) is 0.217. The van der Waals surface area contributed by atoms with Crippen LogP contribution in [-0.4, -0.2) is 32.6 Å². The molecule has 0 aliphatic heterocycles. The van der Waals surface area contributed by atoms with Crippen molar-refractivity contribution < 1.29 is 18.7 Å². The largest absolute Gasteiger partial charge is 0.494 e. The summed E-state index contributed by atoms with van der Waals surface area (Å²) in [4.78, 5) is 17.1. The molecule has 0 amide bonds. The molecule has 0 spiro atoms. The minimum atomic E-state index is -0.591. The van der Waals surface area contributed by atoms with Crippen molar-refractivity contribution in [2.75, 3.05) is 6.61 Å². The Balaban J connectivity index is 1.46. The highest BCUT2D eigenvalue weighted by atomic mass is 35.5. The van der Waals surface area contributed by atoms with Gasteiger partial charge in [0.05, 0.1) is 18.0 Å². The Morgan fingerprint density at radius 1 is 1.16 bits per heavy atom. The molecular formula is C23H21ClN4O4. The number of benzene rings is 2. The maximum atomic E-state index is 12.6. The Morgan fingerprint density at radius 3 is 2.66 bits per heavy atom. The first-order chi connectivity index (χ1) is 15.5. The lowest BCUT2D eigenvalue weighted by Crippen LogP contribution is -2.09. The summed E-state index contributed by atoms with van der Waals surface area (Å²) in [6.07, 6.45) is 0. The number of aromatic nitrogens is 4. The monoisotopic (exact) mass is 452 g/mol. The Labute approximate surface area is 189 Å². The van der Waals surface area contributed by atoms with Crippen LogP contribution in [0.3, 0.4) is 0 Å². The number of esters is 1. The quantitative estimate of drug-likeness (QED) is 0.366. The van der Waals surface area contributed by atoms with Gasteiger partial charge < -0.3 is 13.9 Å². The zero-order valence-electron chi connectivity index (χ0n) is 17.8. The van der Waals surface area contributed by atoms with Crippen LogP contribution in [-0.2, 0) is 11.3 Å². The van der Waals surface area contributed by atoms with E-state index >= 15 is 0 Å². The topological polar surface area (TPSA) is 92.3 Å². The molecule has 2 aromatic heterocycles. The lowest BCUT2D eigenvalue weighted by Gasteiger charge is -2.06. The van der Waals surface area contributed by atoms with E-state index < -0.39 is 5.97 Å². The summed E-state index contributed by atoms with van der Waals surface area (Å²) in [5, 5.41) is 8.66. The van der Waals surface area contributed by atoms with Crippen LogP contribution in [0, 0.1) is 13.8 Å². The molecule has 2 aromatic carbocycles. The van der Waals surface area contributed by atoms with Gasteiger partial charge in [0.2, 0.25) is 5.89 Å². The van der Waals surface area contributed by atoms with Crippen molar-refractivity contribution in [1.82, 2.24) is 20.0 Å². The number of carbonyl (C=O) groups excluding carboxylic acids is 1. The molecule has 0 bridgehead atoms. The summed E-state index contributed by atoms with van der Waals surface area (Å²) in [6.45, 7) is 5.97. The number of nitrogens with zero attached hydrogens (tertiary/aromatic N) is 4. The zero-order chi connectivity index (χ0) is 22.7. The van der Waals surface area contributed by atoms with Crippen LogP contribution in [0.1, 0.15) is 34.6 Å². The third-order valence-corrected chi connectivity index (χ3v) is 5.02. The number of ether oxygens (including phenoxy) is 2. The highest BCUT2D eigenvalue weighted by Crippen LogP contribution is 2.25. The van der Waals surface area contributed by atoms with E-state index in [2.05, 4.69) is 15.3 Å². The zero-order valence-corrected chi connectivity index (χ0v) is 18.6. The smallest absolute Gasteiger partial charge is 0.361 e. The third-order valence-electron chi connectivity index (χ3n) is 4.78. The molecule has 32 heavy (non-hydrogen) atoms. The first-order valence-corrected chi connectivity index (χ1v) is 10.4. The second-order valence-corrected chi connectivity index (χ2v) is 7.41. The van der Waals surface area contributed by atoms with Gasteiger partial charge in [0, 0.05) is 10.6 Å². The molecular weight excluding hydrogens is 432 g/mol. The van der Waals surface area contributed by atoms with Crippen molar-refractivity contribution in [1.29, 1.82) is 0 Å². The Bertz CT molecular complexity index is 1250. The highest BCUT2D eigenvalue weighted by Gasteiger charge is 2.20. The molecule has 4 aromatic rings. The van der Waals surface area contributed by atoms with E-state index in [0.29, 0.717) is 34.7 Å². The molecule has 8 nitrogen and oxygen atoms in total.